The second-order valence-corrected chi connectivity index (χ2v) is 4.98. The SMILES string of the molecule is CC1(C)C(=O)C(=CCl)C(=O)C(C)(C)C1=O. The van der Waals surface area contributed by atoms with Gasteiger partial charge >= 0.3 is 0 Å². The fourth-order valence-electron chi connectivity index (χ4n) is 1.86. The molecule has 0 heterocycles. The number of hydrogen-bond donors (Lipinski definition) is 0. The van der Waals surface area contributed by atoms with Crippen LogP contribution in [0.4, 0.5) is 0 Å². The third kappa shape index (κ3) is 1.46. The zero-order valence-corrected chi connectivity index (χ0v) is 9.94. The molecule has 0 aromatic heterocycles. The highest BCUT2D eigenvalue weighted by Crippen LogP contribution is 2.40. The van der Waals surface area contributed by atoms with E-state index in [1.54, 1.807) is 0 Å². The molecule has 4 heteroatoms. The molecule has 0 saturated heterocycles. The van der Waals surface area contributed by atoms with Crippen LogP contribution in [-0.4, -0.2) is 17.3 Å². The number of hydrogen-bond acceptors (Lipinski definition) is 3. The van der Waals surface area contributed by atoms with Gasteiger partial charge in [-0.2, -0.15) is 0 Å². The number of allylic oxidation sites excluding steroid dienone is 1. The van der Waals surface area contributed by atoms with Crippen molar-refractivity contribution in [1.29, 1.82) is 0 Å². The van der Waals surface area contributed by atoms with E-state index in [4.69, 9.17) is 11.6 Å². The van der Waals surface area contributed by atoms with Gasteiger partial charge in [-0.25, -0.2) is 0 Å². The first kappa shape index (κ1) is 12.1. The van der Waals surface area contributed by atoms with E-state index in [9.17, 15) is 14.4 Å². The molecule has 82 valence electrons. The fourth-order valence-corrected chi connectivity index (χ4v) is 2.06. The molecular formula is C11H13ClO3. The quantitative estimate of drug-likeness (QED) is 0.361. The summed E-state index contributed by atoms with van der Waals surface area (Å²) in [6.45, 7) is 6.08. The molecule has 0 unspecified atom stereocenters. The van der Waals surface area contributed by atoms with E-state index >= 15 is 0 Å². The number of halogens is 1. The van der Waals surface area contributed by atoms with Crippen LogP contribution in [0.25, 0.3) is 0 Å². The third-order valence-electron chi connectivity index (χ3n) is 2.87. The zero-order chi connectivity index (χ0) is 12.0. The van der Waals surface area contributed by atoms with Gasteiger partial charge in [0.25, 0.3) is 0 Å². The van der Waals surface area contributed by atoms with Gasteiger partial charge in [0.15, 0.2) is 17.3 Å². The lowest BCUT2D eigenvalue weighted by Crippen LogP contribution is -2.53. The molecule has 3 nitrogen and oxygen atoms in total. The van der Waals surface area contributed by atoms with Crippen LogP contribution in [0, 0.1) is 10.8 Å². The van der Waals surface area contributed by atoms with Crippen LogP contribution in [0.15, 0.2) is 11.1 Å². The van der Waals surface area contributed by atoms with Gasteiger partial charge in [-0.3, -0.25) is 14.4 Å². The van der Waals surface area contributed by atoms with Crippen molar-refractivity contribution in [2.75, 3.05) is 0 Å². The van der Waals surface area contributed by atoms with Crippen LogP contribution in [0.1, 0.15) is 27.7 Å². The Morgan fingerprint density at radius 3 is 1.53 bits per heavy atom. The second-order valence-electron chi connectivity index (χ2n) is 4.76. The van der Waals surface area contributed by atoms with E-state index in [1.807, 2.05) is 0 Å². The molecule has 0 aromatic carbocycles. The Hall–Kier alpha value is -0.960. The molecule has 0 spiro atoms. The van der Waals surface area contributed by atoms with E-state index in [-0.39, 0.29) is 11.4 Å². The Labute approximate surface area is 93.5 Å². The molecule has 0 N–H and O–H groups in total. The van der Waals surface area contributed by atoms with E-state index < -0.39 is 22.4 Å². The largest absolute Gasteiger partial charge is 0.297 e. The van der Waals surface area contributed by atoms with Crippen molar-refractivity contribution < 1.29 is 14.4 Å². The molecule has 0 aromatic rings. The van der Waals surface area contributed by atoms with Crippen LogP contribution >= 0.6 is 11.6 Å². The summed E-state index contributed by atoms with van der Waals surface area (Å²) in [6.07, 6.45) is 0. The molecule has 0 aliphatic heterocycles. The average molecular weight is 229 g/mol. The first-order valence-electron chi connectivity index (χ1n) is 4.62. The standard InChI is InChI=1S/C11H13ClO3/c1-10(2)7(13)6(5-12)8(14)11(3,4)9(10)15/h5H,1-4H3. The van der Waals surface area contributed by atoms with Crippen LogP contribution in [0.5, 0.6) is 0 Å². The van der Waals surface area contributed by atoms with Crippen molar-refractivity contribution in [3.05, 3.63) is 11.1 Å². The van der Waals surface area contributed by atoms with E-state index in [0.29, 0.717) is 0 Å². The lowest BCUT2D eigenvalue weighted by Gasteiger charge is -2.37. The minimum atomic E-state index is -1.17. The van der Waals surface area contributed by atoms with Crippen molar-refractivity contribution >= 4 is 29.0 Å². The van der Waals surface area contributed by atoms with Gasteiger partial charge in [-0.05, 0) is 27.7 Å². The van der Waals surface area contributed by atoms with Crippen LogP contribution < -0.4 is 0 Å². The first-order valence-corrected chi connectivity index (χ1v) is 5.06. The topological polar surface area (TPSA) is 51.2 Å². The number of rotatable bonds is 0. The molecule has 0 amide bonds. The Morgan fingerprint density at radius 1 is 0.933 bits per heavy atom. The third-order valence-corrected chi connectivity index (χ3v) is 3.09. The summed E-state index contributed by atoms with van der Waals surface area (Å²) in [7, 11) is 0. The first-order chi connectivity index (χ1) is 6.67. The summed E-state index contributed by atoms with van der Waals surface area (Å²) < 4.78 is 0. The predicted molar refractivity (Wildman–Crippen MR) is 56.5 cm³/mol. The average Bonchev–Trinajstić information content (AvgIpc) is 2.15. The normalized spacial score (nSPS) is 24.3. The monoisotopic (exact) mass is 228 g/mol. The highest BCUT2D eigenvalue weighted by Gasteiger charge is 2.55. The molecule has 0 atom stereocenters. The van der Waals surface area contributed by atoms with Crippen molar-refractivity contribution in [1.82, 2.24) is 0 Å². The maximum atomic E-state index is 11.9. The zero-order valence-electron chi connectivity index (χ0n) is 9.18. The number of carbonyl (C=O) groups excluding carboxylic acids is 3. The van der Waals surface area contributed by atoms with Crippen molar-refractivity contribution in [2.24, 2.45) is 10.8 Å². The van der Waals surface area contributed by atoms with Crippen LogP contribution in [0.2, 0.25) is 0 Å². The van der Waals surface area contributed by atoms with E-state index in [2.05, 4.69) is 0 Å². The van der Waals surface area contributed by atoms with Gasteiger partial charge < -0.3 is 0 Å². The number of carbonyl (C=O) groups is 3. The predicted octanol–water partition coefficient (Wildman–Crippen LogP) is 1.88. The van der Waals surface area contributed by atoms with Crippen molar-refractivity contribution in [3.63, 3.8) is 0 Å². The number of ketones is 3. The van der Waals surface area contributed by atoms with Gasteiger partial charge in [0.1, 0.15) is 0 Å². The minimum absolute atomic E-state index is 0.0775. The highest BCUT2D eigenvalue weighted by molar-refractivity contribution is 6.42. The minimum Gasteiger partial charge on any atom is -0.297 e. The Balaban J connectivity index is 3.43. The summed E-state index contributed by atoms with van der Waals surface area (Å²) in [6, 6.07) is 0. The second kappa shape index (κ2) is 3.27. The summed E-state index contributed by atoms with van der Waals surface area (Å²) in [5.74, 6) is -1.34. The maximum Gasteiger partial charge on any atom is 0.180 e. The molecule has 1 rings (SSSR count). The lowest BCUT2D eigenvalue weighted by molar-refractivity contribution is -0.151. The smallest absolute Gasteiger partial charge is 0.180 e. The van der Waals surface area contributed by atoms with Gasteiger partial charge in [-0.15, -0.1) is 0 Å². The fraction of sp³-hybridized carbons (Fsp3) is 0.545. The molecular weight excluding hydrogens is 216 g/mol. The number of Topliss-reactive ketones (excluding diaryl/α,β-unsaturated/α-hetero) is 3. The maximum absolute atomic E-state index is 11.9. The van der Waals surface area contributed by atoms with Crippen LogP contribution in [0.3, 0.4) is 0 Å². The Bertz CT molecular complexity index is 357. The Kier molecular flexibility index (Phi) is 2.64. The molecule has 0 radical (unpaired) electrons. The molecule has 15 heavy (non-hydrogen) atoms. The van der Waals surface area contributed by atoms with Crippen molar-refractivity contribution in [2.45, 2.75) is 27.7 Å². The Morgan fingerprint density at radius 2 is 1.27 bits per heavy atom. The molecule has 1 fully saturated rings. The molecule has 1 aliphatic rings. The van der Waals surface area contributed by atoms with E-state index in [1.165, 1.54) is 27.7 Å². The molecule has 1 aliphatic carbocycles. The molecule has 1 saturated carbocycles. The summed E-state index contributed by atoms with van der Waals surface area (Å²) in [4.78, 5) is 35.5. The highest BCUT2D eigenvalue weighted by atomic mass is 35.5. The van der Waals surface area contributed by atoms with Crippen molar-refractivity contribution in [3.8, 4) is 0 Å². The van der Waals surface area contributed by atoms with Gasteiger partial charge in [0.05, 0.1) is 16.4 Å². The van der Waals surface area contributed by atoms with Crippen LogP contribution in [-0.2, 0) is 14.4 Å². The van der Waals surface area contributed by atoms with Gasteiger partial charge in [0, 0.05) is 5.54 Å². The van der Waals surface area contributed by atoms with Gasteiger partial charge in [-0.1, -0.05) is 11.6 Å². The summed E-state index contributed by atoms with van der Waals surface area (Å²) in [5.41, 5.74) is -1.44. The lowest BCUT2D eigenvalue weighted by atomic mass is 9.61. The molecule has 0 bridgehead atoms. The summed E-state index contributed by atoms with van der Waals surface area (Å²) >= 11 is 5.46. The summed E-state index contributed by atoms with van der Waals surface area (Å²) in [5, 5.41) is 0. The van der Waals surface area contributed by atoms with E-state index in [0.717, 1.165) is 5.54 Å². The van der Waals surface area contributed by atoms with Gasteiger partial charge in [0.2, 0.25) is 0 Å².